The van der Waals surface area contributed by atoms with E-state index in [4.69, 9.17) is 5.11 Å². The highest BCUT2D eigenvalue weighted by atomic mass is 16.4. The molecule has 2 rings (SSSR count). The monoisotopic (exact) mass is 238 g/mol. The molecule has 0 radical (unpaired) electrons. The maximum Gasteiger partial charge on any atom is 0.306 e. The topological polar surface area (TPSA) is 97.1 Å². The van der Waals surface area contributed by atoms with Crippen LogP contribution in [0.25, 0.3) is 0 Å². The van der Waals surface area contributed by atoms with Gasteiger partial charge in [0, 0.05) is 6.04 Å². The summed E-state index contributed by atoms with van der Waals surface area (Å²) < 4.78 is 1.43. The fourth-order valence-electron chi connectivity index (χ4n) is 2.07. The Hall–Kier alpha value is -1.92. The highest BCUT2D eigenvalue weighted by Gasteiger charge is 2.30. The summed E-state index contributed by atoms with van der Waals surface area (Å²) in [7, 11) is 0. The van der Waals surface area contributed by atoms with Gasteiger partial charge in [-0.2, -0.15) is 5.10 Å². The fraction of sp³-hybridized carbons (Fsp3) is 0.600. The number of carboxylic acids is 1. The van der Waals surface area contributed by atoms with Crippen molar-refractivity contribution in [1.82, 2.24) is 20.1 Å². The second-order valence-electron chi connectivity index (χ2n) is 4.21. The third-order valence-electron chi connectivity index (χ3n) is 2.92. The molecule has 0 bridgehead atoms. The first kappa shape index (κ1) is 11.6. The first-order valence-electron chi connectivity index (χ1n) is 5.49. The average molecular weight is 238 g/mol. The maximum absolute atomic E-state index is 11.6. The number of nitrogens with one attached hydrogen (secondary N) is 1. The number of nitrogens with zero attached hydrogens (tertiary/aromatic N) is 3. The van der Waals surface area contributed by atoms with Gasteiger partial charge in [-0.15, -0.1) is 0 Å². The number of carbonyl (C=O) groups excluding carboxylic acids is 1. The third kappa shape index (κ3) is 3.02. The Morgan fingerprint density at radius 3 is 2.88 bits per heavy atom. The lowest BCUT2D eigenvalue weighted by atomic mass is 10.1. The number of amides is 1. The molecular formula is C10H14N4O3. The number of carboxylic acid groups (broad SMARTS) is 1. The summed E-state index contributed by atoms with van der Waals surface area (Å²) >= 11 is 0. The van der Waals surface area contributed by atoms with Crippen molar-refractivity contribution < 1.29 is 14.7 Å². The zero-order chi connectivity index (χ0) is 12.3. The molecule has 7 heteroatoms. The largest absolute Gasteiger partial charge is 0.481 e. The predicted octanol–water partition coefficient (Wildman–Crippen LogP) is -0.352. The molecule has 2 atom stereocenters. The van der Waals surface area contributed by atoms with Crippen molar-refractivity contribution in [3.8, 4) is 0 Å². The molecule has 0 spiro atoms. The molecule has 1 heterocycles. The van der Waals surface area contributed by atoms with Crippen molar-refractivity contribution >= 4 is 11.9 Å². The SMILES string of the molecule is O=C(Cn1cncn1)NC1CCC(C(=O)O)C1. The smallest absolute Gasteiger partial charge is 0.306 e. The molecular weight excluding hydrogens is 224 g/mol. The van der Waals surface area contributed by atoms with Crippen LogP contribution in [0.2, 0.25) is 0 Å². The molecule has 2 N–H and O–H groups in total. The standard InChI is InChI=1S/C10H14N4O3/c15-9(4-14-6-11-5-12-14)13-8-2-1-7(3-8)10(16)17/h5-8H,1-4H2,(H,13,15)(H,16,17). The van der Waals surface area contributed by atoms with E-state index in [0.29, 0.717) is 12.8 Å². The molecule has 1 fully saturated rings. The third-order valence-corrected chi connectivity index (χ3v) is 2.92. The first-order chi connectivity index (χ1) is 8.15. The Labute approximate surface area is 97.8 Å². The number of aromatic nitrogens is 3. The summed E-state index contributed by atoms with van der Waals surface area (Å²) in [4.78, 5) is 26.1. The van der Waals surface area contributed by atoms with Gasteiger partial charge < -0.3 is 10.4 Å². The van der Waals surface area contributed by atoms with E-state index in [0.717, 1.165) is 6.42 Å². The van der Waals surface area contributed by atoms with E-state index in [1.165, 1.54) is 17.3 Å². The van der Waals surface area contributed by atoms with Gasteiger partial charge in [0.1, 0.15) is 19.2 Å². The van der Waals surface area contributed by atoms with E-state index in [9.17, 15) is 9.59 Å². The summed E-state index contributed by atoms with van der Waals surface area (Å²) in [5.41, 5.74) is 0. The lowest BCUT2D eigenvalue weighted by Gasteiger charge is -2.12. The Morgan fingerprint density at radius 1 is 1.47 bits per heavy atom. The number of aliphatic carboxylic acids is 1. The van der Waals surface area contributed by atoms with E-state index >= 15 is 0 Å². The van der Waals surface area contributed by atoms with Crippen molar-refractivity contribution in [3.63, 3.8) is 0 Å². The number of carbonyl (C=O) groups is 2. The highest BCUT2D eigenvalue weighted by Crippen LogP contribution is 2.25. The van der Waals surface area contributed by atoms with Crippen LogP contribution in [0.15, 0.2) is 12.7 Å². The van der Waals surface area contributed by atoms with E-state index in [-0.39, 0.29) is 24.4 Å². The Kier molecular flexibility index (Phi) is 3.36. The molecule has 7 nitrogen and oxygen atoms in total. The van der Waals surface area contributed by atoms with Crippen molar-refractivity contribution in [2.24, 2.45) is 5.92 Å². The van der Waals surface area contributed by atoms with Crippen LogP contribution >= 0.6 is 0 Å². The van der Waals surface area contributed by atoms with E-state index in [1.54, 1.807) is 0 Å². The molecule has 0 aromatic carbocycles. The van der Waals surface area contributed by atoms with E-state index in [2.05, 4.69) is 15.4 Å². The van der Waals surface area contributed by atoms with Crippen LogP contribution in [0.4, 0.5) is 0 Å². The van der Waals surface area contributed by atoms with Crippen molar-refractivity contribution in [2.75, 3.05) is 0 Å². The van der Waals surface area contributed by atoms with Gasteiger partial charge in [0.25, 0.3) is 0 Å². The zero-order valence-corrected chi connectivity index (χ0v) is 9.24. The Morgan fingerprint density at radius 2 is 2.29 bits per heavy atom. The summed E-state index contributed by atoms with van der Waals surface area (Å²) in [6.07, 6.45) is 4.69. The number of hydrogen-bond donors (Lipinski definition) is 2. The van der Waals surface area contributed by atoms with Gasteiger partial charge in [-0.25, -0.2) is 9.67 Å². The minimum Gasteiger partial charge on any atom is -0.481 e. The lowest BCUT2D eigenvalue weighted by Crippen LogP contribution is -2.35. The molecule has 1 saturated carbocycles. The van der Waals surface area contributed by atoms with Gasteiger partial charge in [-0.3, -0.25) is 9.59 Å². The van der Waals surface area contributed by atoms with Crippen LogP contribution in [-0.2, 0) is 16.1 Å². The molecule has 1 aliphatic rings. The van der Waals surface area contributed by atoms with Gasteiger partial charge in [0.05, 0.1) is 5.92 Å². The van der Waals surface area contributed by atoms with Crippen molar-refractivity contribution in [2.45, 2.75) is 31.8 Å². The summed E-state index contributed by atoms with van der Waals surface area (Å²) in [6, 6.07) is -0.0351. The fourth-order valence-corrected chi connectivity index (χ4v) is 2.07. The molecule has 1 aromatic rings. The van der Waals surface area contributed by atoms with Crippen LogP contribution in [0, 0.1) is 5.92 Å². The van der Waals surface area contributed by atoms with Crippen molar-refractivity contribution in [3.05, 3.63) is 12.7 Å². The summed E-state index contributed by atoms with van der Waals surface area (Å²) in [5.74, 6) is -1.27. The molecule has 2 unspecified atom stereocenters. The van der Waals surface area contributed by atoms with Gasteiger partial charge in [0.2, 0.25) is 5.91 Å². The van der Waals surface area contributed by atoms with E-state index in [1.807, 2.05) is 0 Å². The quantitative estimate of drug-likeness (QED) is 0.747. The molecule has 1 aromatic heterocycles. The van der Waals surface area contributed by atoms with Gasteiger partial charge >= 0.3 is 5.97 Å². The van der Waals surface area contributed by atoms with Gasteiger partial charge in [-0.05, 0) is 19.3 Å². The maximum atomic E-state index is 11.6. The van der Waals surface area contributed by atoms with Crippen LogP contribution in [0.5, 0.6) is 0 Å². The van der Waals surface area contributed by atoms with E-state index < -0.39 is 5.97 Å². The second-order valence-corrected chi connectivity index (χ2v) is 4.21. The zero-order valence-electron chi connectivity index (χ0n) is 9.24. The van der Waals surface area contributed by atoms with Gasteiger partial charge in [-0.1, -0.05) is 0 Å². The van der Waals surface area contributed by atoms with Crippen LogP contribution < -0.4 is 5.32 Å². The molecule has 0 saturated heterocycles. The Bertz CT molecular complexity index is 404. The minimum atomic E-state index is -0.780. The molecule has 92 valence electrons. The summed E-state index contributed by atoms with van der Waals surface area (Å²) in [6.45, 7) is 0.119. The second kappa shape index (κ2) is 4.94. The predicted molar refractivity (Wildman–Crippen MR) is 56.9 cm³/mol. The highest BCUT2D eigenvalue weighted by molar-refractivity contribution is 5.76. The lowest BCUT2D eigenvalue weighted by molar-refractivity contribution is -0.141. The minimum absolute atomic E-state index is 0.0351. The molecule has 0 aliphatic heterocycles. The van der Waals surface area contributed by atoms with Crippen LogP contribution in [0.3, 0.4) is 0 Å². The van der Waals surface area contributed by atoms with Gasteiger partial charge in [0.15, 0.2) is 0 Å². The number of rotatable bonds is 4. The molecule has 1 amide bonds. The van der Waals surface area contributed by atoms with Crippen LogP contribution in [-0.4, -0.2) is 37.8 Å². The summed E-state index contributed by atoms with van der Waals surface area (Å²) in [5, 5.41) is 15.5. The first-order valence-corrected chi connectivity index (χ1v) is 5.49. The van der Waals surface area contributed by atoms with Crippen molar-refractivity contribution in [1.29, 1.82) is 0 Å². The number of hydrogen-bond acceptors (Lipinski definition) is 4. The average Bonchev–Trinajstić information content (AvgIpc) is 2.88. The normalized spacial score (nSPS) is 23.5. The molecule has 17 heavy (non-hydrogen) atoms. The molecule has 1 aliphatic carbocycles. The van der Waals surface area contributed by atoms with Crippen LogP contribution in [0.1, 0.15) is 19.3 Å². The Balaban J connectivity index is 1.78.